The maximum atomic E-state index is 6.29. The zero-order valence-corrected chi connectivity index (χ0v) is 12.9. The summed E-state index contributed by atoms with van der Waals surface area (Å²) in [4.78, 5) is 2.63. The SMILES string of the molecule is CCCN(CC1COC2(CCCC2)O1)C1CCCNC1. The Balaban J connectivity index is 1.53. The summed E-state index contributed by atoms with van der Waals surface area (Å²) < 4.78 is 12.3. The van der Waals surface area contributed by atoms with Crippen molar-refractivity contribution in [2.75, 3.05) is 32.8 Å². The highest BCUT2D eigenvalue weighted by molar-refractivity contribution is 4.87. The predicted octanol–water partition coefficient (Wildman–Crippen LogP) is 2.14. The fourth-order valence-corrected chi connectivity index (χ4v) is 4.00. The van der Waals surface area contributed by atoms with E-state index in [0.29, 0.717) is 6.04 Å². The highest BCUT2D eigenvalue weighted by Gasteiger charge is 2.44. The largest absolute Gasteiger partial charge is 0.347 e. The summed E-state index contributed by atoms with van der Waals surface area (Å²) >= 11 is 0. The molecule has 1 spiro atoms. The molecule has 1 saturated carbocycles. The quantitative estimate of drug-likeness (QED) is 0.837. The molecule has 4 nitrogen and oxygen atoms in total. The molecule has 2 atom stereocenters. The fraction of sp³-hybridized carbons (Fsp3) is 1.00. The average Bonchev–Trinajstić information content (AvgIpc) is 3.10. The van der Waals surface area contributed by atoms with Gasteiger partial charge in [-0.05, 0) is 45.2 Å². The van der Waals surface area contributed by atoms with Crippen LogP contribution >= 0.6 is 0 Å². The van der Waals surface area contributed by atoms with E-state index in [-0.39, 0.29) is 11.9 Å². The van der Waals surface area contributed by atoms with Gasteiger partial charge in [0.15, 0.2) is 5.79 Å². The van der Waals surface area contributed by atoms with Crippen LogP contribution in [-0.4, -0.2) is 55.6 Å². The maximum absolute atomic E-state index is 6.29. The molecule has 116 valence electrons. The number of ether oxygens (including phenoxy) is 2. The van der Waals surface area contributed by atoms with E-state index in [9.17, 15) is 0 Å². The van der Waals surface area contributed by atoms with Gasteiger partial charge in [-0.1, -0.05) is 6.92 Å². The lowest BCUT2D eigenvalue weighted by molar-refractivity contribution is -0.164. The Bertz CT molecular complexity index is 299. The molecule has 1 N–H and O–H groups in total. The zero-order valence-electron chi connectivity index (χ0n) is 12.9. The summed E-state index contributed by atoms with van der Waals surface area (Å²) in [5, 5.41) is 3.53. The first-order valence-electron chi connectivity index (χ1n) is 8.58. The van der Waals surface area contributed by atoms with Gasteiger partial charge in [0.1, 0.15) is 0 Å². The minimum absolute atomic E-state index is 0.201. The Kier molecular flexibility index (Phi) is 4.97. The third kappa shape index (κ3) is 3.35. The van der Waals surface area contributed by atoms with Crippen LogP contribution in [0.3, 0.4) is 0 Å². The molecule has 3 rings (SSSR count). The van der Waals surface area contributed by atoms with Crippen LogP contribution in [0.25, 0.3) is 0 Å². The maximum Gasteiger partial charge on any atom is 0.168 e. The van der Waals surface area contributed by atoms with E-state index in [1.165, 1.54) is 45.2 Å². The summed E-state index contributed by atoms with van der Waals surface area (Å²) in [6.45, 7) is 7.61. The van der Waals surface area contributed by atoms with Crippen LogP contribution < -0.4 is 5.32 Å². The minimum Gasteiger partial charge on any atom is -0.347 e. The van der Waals surface area contributed by atoms with Crippen LogP contribution in [0.15, 0.2) is 0 Å². The summed E-state index contributed by atoms with van der Waals surface area (Å²) in [5.41, 5.74) is 0. The van der Waals surface area contributed by atoms with Crippen LogP contribution in [0.2, 0.25) is 0 Å². The first kappa shape index (κ1) is 14.8. The van der Waals surface area contributed by atoms with Crippen molar-refractivity contribution >= 4 is 0 Å². The van der Waals surface area contributed by atoms with Crippen molar-refractivity contribution in [1.29, 1.82) is 0 Å². The Hall–Kier alpha value is -0.160. The highest BCUT2D eigenvalue weighted by atomic mass is 16.7. The van der Waals surface area contributed by atoms with Gasteiger partial charge in [-0.2, -0.15) is 0 Å². The van der Waals surface area contributed by atoms with Crippen molar-refractivity contribution in [3.05, 3.63) is 0 Å². The molecule has 3 fully saturated rings. The average molecular weight is 282 g/mol. The molecular formula is C16H30N2O2. The monoisotopic (exact) mass is 282 g/mol. The molecule has 1 aliphatic carbocycles. The van der Waals surface area contributed by atoms with Gasteiger partial charge in [0.2, 0.25) is 0 Å². The normalized spacial score (nSPS) is 33.3. The molecule has 2 saturated heterocycles. The van der Waals surface area contributed by atoms with E-state index in [1.807, 2.05) is 0 Å². The molecule has 4 heteroatoms. The van der Waals surface area contributed by atoms with E-state index in [4.69, 9.17) is 9.47 Å². The number of rotatable bonds is 5. The second kappa shape index (κ2) is 6.73. The Morgan fingerprint density at radius 2 is 2.10 bits per heavy atom. The lowest BCUT2D eigenvalue weighted by atomic mass is 10.1. The Morgan fingerprint density at radius 1 is 1.25 bits per heavy atom. The van der Waals surface area contributed by atoms with Crippen LogP contribution in [0.4, 0.5) is 0 Å². The Labute approximate surface area is 123 Å². The van der Waals surface area contributed by atoms with Gasteiger partial charge in [0, 0.05) is 32.0 Å². The second-order valence-electron chi connectivity index (χ2n) is 6.66. The lowest BCUT2D eigenvalue weighted by Gasteiger charge is -2.36. The van der Waals surface area contributed by atoms with Gasteiger partial charge < -0.3 is 14.8 Å². The fourth-order valence-electron chi connectivity index (χ4n) is 4.00. The van der Waals surface area contributed by atoms with E-state index in [1.54, 1.807) is 0 Å². The second-order valence-corrected chi connectivity index (χ2v) is 6.66. The lowest BCUT2D eigenvalue weighted by Crippen LogP contribution is -2.49. The number of hydrogen-bond acceptors (Lipinski definition) is 4. The first-order chi connectivity index (χ1) is 9.81. The molecule has 0 aromatic heterocycles. The minimum atomic E-state index is -0.201. The highest BCUT2D eigenvalue weighted by Crippen LogP contribution is 2.39. The number of nitrogens with zero attached hydrogens (tertiary/aromatic N) is 1. The summed E-state index contributed by atoms with van der Waals surface area (Å²) in [6.07, 6.45) is 8.85. The van der Waals surface area contributed by atoms with Crippen molar-refractivity contribution < 1.29 is 9.47 Å². The smallest absolute Gasteiger partial charge is 0.168 e. The molecule has 0 bridgehead atoms. The molecular weight excluding hydrogens is 252 g/mol. The molecule has 20 heavy (non-hydrogen) atoms. The van der Waals surface area contributed by atoms with Crippen molar-refractivity contribution in [3.8, 4) is 0 Å². The first-order valence-corrected chi connectivity index (χ1v) is 8.58. The number of nitrogens with one attached hydrogen (secondary N) is 1. The molecule has 2 heterocycles. The van der Waals surface area contributed by atoms with Crippen molar-refractivity contribution in [2.45, 2.75) is 69.8 Å². The predicted molar refractivity (Wildman–Crippen MR) is 79.8 cm³/mol. The van der Waals surface area contributed by atoms with Gasteiger partial charge in [0.25, 0.3) is 0 Å². The van der Waals surface area contributed by atoms with Crippen LogP contribution in [0.1, 0.15) is 51.9 Å². The standard InChI is InChI=1S/C16H30N2O2/c1-2-10-18(14-6-5-9-17-11-14)12-15-13-19-16(20-15)7-3-4-8-16/h14-15,17H,2-13H2,1H3. The summed E-state index contributed by atoms with van der Waals surface area (Å²) in [7, 11) is 0. The number of piperidine rings is 1. The zero-order chi connectivity index (χ0) is 13.8. The molecule has 3 aliphatic rings. The molecule has 0 aromatic rings. The molecule has 0 amide bonds. The van der Waals surface area contributed by atoms with Crippen molar-refractivity contribution in [1.82, 2.24) is 10.2 Å². The van der Waals surface area contributed by atoms with Gasteiger partial charge in [-0.3, -0.25) is 4.90 Å². The summed E-state index contributed by atoms with van der Waals surface area (Å²) in [5.74, 6) is -0.201. The van der Waals surface area contributed by atoms with Crippen LogP contribution in [-0.2, 0) is 9.47 Å². The molecule has 2 aliphatic heterocycles. The van der Waals surface area contributed by atoms with Gasteiger partial charge >= 0.3 is 0 Å². The van der Waals surface area contributed by atoms with E-state index < -0.39 is 0 Å². The van der Waals surface area contributed by atoms with Gasteiger partial charge in [-0.25, -0.2) is 0 Å². The topological polar surface area (TPSA) is 33.7 Å². The molecule has 0 aromatic carbocycles. The van der Waals surface area contributed by atoms with E-state index in [0.717, 1.165) is 32.5 Å². The Morgan fingerprint density at radius 3 is 2.80 bits per heavy atom. The van der Waals surface area contributed by atoms with E-state index >= 15 is 0 Å². The van der Waals surface area contributed by atoms with Gasteiger partial charge in [-0.15, -0.1) is 0 Å². The number of hydrogen-bond donors (Lipinski definition) is 1. The third-order valence-electron chi connectivity index (χ3n) is 5.02. The van der Waals surface area contributed by atoms with Gasteiger partial charge in [0.05, 0.1) is 12.7 Å². The molecule has 2 unspecified atom stereocenters. The van der Waals surface area contributed by atoms with Crippen LogP contribution in [0.5, 0.6) is 0 Å². The summed E-state index contributed by atoms with van der Waals surface area (Å²) in [6, 6.07) is 0.687. The van der Waals surface area contributed by atoms with Crippen molar-refractivity contribution in [2.24, 2.45) is 0 Å². The van der Waals surface area contributed by atoms with E-state index in [2.05, 4.69) is 17.1 Å². The van der Waals surface area contributed by atoms with Crippen molar-refractivity contribution in [3.63, 3.8) is 0 Å². The third-order valence-corrected chi connectivity index (χ3v) is 5.02. The molecule has 0 radical (unpaired) electrons. The van der Waals surface area contributed by atoms with Crippen LogP contribution in [0, 0.1) is 0 Å².